The summed E-state index contributed by atoms with van der Waals surface area (Å²) in [7, 11) is -3.74. The summed E-state index contributed by atoms with van der Waals surface area (Å²) >= 11 is 0. The molecule has 1 N–H and O–H groups in total. The molecule has 0 unspecified atom stereocenters. The van der Waals surface area contributed by atoms with E-state index in [2.05, 4.69) is 5.32 Å². The molecule has 2 heterocycles. The minimum Gasteiger partial charge on any atom is -0.449 e. The molecule has 0 spiro atoms. The van der Waals surface area contributed by atoms with Crippen LogP contribution in [0.1, 0.15) is 23.0 Å². The molecular formula is C23H23FN2O7S. The number of aryl methyl sites for hydroxylation is 1. The Kier molecular flexibility index (Phi) is 6.69. The highest BCUT2D eigenvalue weighted by molar-refractivity contribution is 7.89. The van der Waals surface area contributed by atoms with E-state index >= 15 is 0 Å². The van der Waals surface area contributed by atoms with Crippen molar-refractivity contribution >= 4 is 38.6 Å². The predicted molar refractivity (Wildman–Crippen MR) is 120 cm³/mol. The zero-order chi connectivity index (χ0) is 24.5. The number of nitrogens with one attached hydrogen (secondary N) is 1. The first-order valence-electron chi connectivity index (χ1n) is 10.6. The first-order chi connectivity index (χ1) is 16.2. The van der Waals surface area contributed by atoms with Gasteiger partial charge in [0.2, 0.25) is 15.8 Å². The monoisotopic (exact) mass is 490 g/mol. The molecule has 0 saturated carbocycles. The van der Waals surface area contributed by atoms with E-state index in [4.69, 9.17) is 13.9 Å². The van der Waals surface area contributed by atoms with Crippen LogP contribution in [0.25, 0.3) is 11.0 Å². The zero-order valence-corrected chi connectivity index (χ0v) is 19.4. The predicted octanol–water partition coefficient (Wildman–Crippen LogP) is 3.09. The molecule has 1 aliphatic heterocycles. The maximum Gasteiger partial charge on any atom is 0.375 e. The van der Waals surface area contributed by atoms with Crippen molar-refractivity contribution in [3.63, 3.8) is 0 Å². The Morgan fingerprint density at radius 1 is 1.15 bits per heavy atom. The second-order valence-electron chi connectivity index (χ2n) is 7.78. The molecule has 1 aromatic heterocycles. The number of morpholine rings is 1. The second kappa shape index (κ2) is 9.53. The number of ether oxygens (including phenoxy) is 2. The van der Waals surface area contributed by atoms with Crippen molar-refractivity contribution in [2.45, 2.75) is 24.8 Å². The number of esters is 1. The number of rotatable bonds is 6. The topological polar surface area (TPSA) is 115 Å². The van der Waals surface area contributed by atoms with E-state index in [9.17, 15) is 22.4 Å². The maximum absolute atomic E-state index is 13.5. The van der Waals surface area contributed by atoms with Gasteiger partial charge < -0.3 is 19.2 Å². The van der Waals surface area contributed by atoms with Gasteiger partial charge in [0.05, 0.1) is 18.1 Å². The number of halogens is 1. The number of benzene rings is 2. The molecular weight excluding hydrogens is 467 g/mol. The second-order valence-corrected chi connectivity index (χ2v) is 9.72. The normalized spacial score (nSPS) is 15.7. The van der Waals surface area contributed by atoms with Crippen molar-refractivity contribution in [2.24, 2.45) is 0 Å². The minimum absolute atomic E-state index is 0.0296. The van der Waals surface area contributed by atoms with Gasteiger partial charge in [0, 0.05) is 29.7 Å². The average Bonchev–Trinajstić information content (AvgIpc) is 3.15. The van der Waals surface area contributed by atoms with Crippen LogP contribution < -0.4 is 5.32 Å². The number of carbonyl (C=O) groups excluding carboxylic acids is 2. The van der Waals surface area contributed by atoms with Crippen LogP contribution in [0.2, 0.25) is 0 Å². The molecule has 34 heavy (non-hydrogen) atoms. The summed E-state index contributed by atoms with van der Waals surface area (Å²) < 4.78 is 56.4. The van der Waals surface area contributed by atoms with Gasteiger partial charge in [-0.1, -0.05) is 6.07 Å². The molecule has 1 fully saturated rings. The average molecular weight is 491 g/mol. The fourth-order valence-corrected chi connectivity index (χ4v) is 5.02. The number of furan rings is 1. The molecule has 11 heteroatoms. The van der Waals surface area contributed by atoms with Gasteiger partial charge >= 0.3 is 5.97 Å². The van der Waals surface area contributed by atoms with Gasteiger partial charge in [-0.25, -0.2) is 17.6 Å². The molecule has 0 radical (unpaired) electrons. The summed E-state index contributed by atoms with van der Waals surface area (Å²) in [4.78, 5) is 25.2. The van der Waals surface area contributed by atoms with Crippen LogP contribution in [-0.2, 0) is 24.3 Å². The molecule has 1 amide bonds. The lowest BCUT2D eigenvalue weighted by atomic mass is 10.1. The number of nitrogens with zero attached hydrogens (tertiary/aromatic N) is 1. The van der Waals surface area contributed by atoms with Crippen LogP contribution in [0.15, 0.2) is 51.8 Å². The minimum atomic E-state index is -3.74. The Morgan fingerprint density at radius 2 is 1.88 bits per heavy atom. The van der Waals surface area contributed by atoms with E-state index in [1.54, 1.807) is 6.92 Å². The van der Waals surface area contributed by atoms with E-state index < -0.39 is 33.8 Å². The Morgan fingerprint density at radius 3 is 2.62 bits per heavy atom. The lowest BCUT2D eigenvalue weighted by molar-refractivity contribution is -0.123. The number of carbonyl (C=O) groups is 2. The first-order valence-corrected chi connectivity index (χ1v) is 12.0. The molecule has 2 aromatic carbocycles. The van der Waals surface area contributed by atoms with Gasteiger partial charge in [-0.05, 0) is 50.2 Å². The number of amides is 1. The SMILES string of the molecule is Cc1c(C(=O)O[C@@H](C)C(=O)Nc2cccc(S(=O)(=O)N3CCOCC3)c2)oc2ccc(F)cc12. The molecule has 0 aliphatic carbocycles. The van der Waals surface area contributed by atoms with Gasteiger partial charge in [0.25, 0.3) is 5.91 Å². The fraction of sp³-hybridized carbons (Fsp3) is 0.304. The van der Waals surface area contributed by atoms with E-state index in [1.807, 2.05) is 0 Å². The highest BCUT2D eigenvalue weighted by atomic mass is 32.2. The highest BCUT2D eigenvalue weighted by Crippen LogP contribution is 2.27. The highest BCUT2D eigenvalue weighted by Gasteiger charge is 2.27. The summed E-state index contributed by atoms with van der Waals surface area (Å²) in [5, 5.41) is 2.99. The fourth-order valence-electron chi connectivity index (χ4n) is 3.57. The van der Waals surface area contributed by atoms with Crippen molar-refractivity contribution in [1.82, 2.24) is 4.31 Å². The molecule has 1 aliphatic rings. The third kappa shape index (κ3) is 4.81. The third-order valence-corrected chi connectivity index (χ3v) is 7.34. The standard InChI is InChI=1S/C23H23FN2O7S/c1-14-19-12-16(24)6-7-20(19)33-21(14)23(28)32-15(2)22(27)25-17-4-3-5-18(13-17)34(29,30)26-8-10-31-11-9-26/h3-7,12-13,15H,8-11H2,1-2H3,(H,25,27)/t15-/m0/s1. The van der Waals surface area contributed by atoms with Crippen LogP contribution >= 0.6 is 0 Å². The lowest BCUT2D eigenvalue weighted by Crippen LogP contribution is -2.40. The molecule has 3 aromatic rings. The third-order valence-electron chi connectivity index (χ3n) is 5.45. The van der Waals surface area contributed by atoms with Gasteiger partial charge in [-0.3, -0.25) is 4.79 Å². The van der Waals surface area contributed by atoms with E-state index in [0.29, 0.717) is 29.7 Å². The molecule has 1 atom stereocenters. The van der Waals surface area contributed by atoms with E-state index in [1.165, 1.54) is 53.7 Å². The van der Waals surface area contributed by atoms with E-state index in [-0.39, 0.29) is 29.4 Å². The summed E-state index contributed by atoms with van der Waals surface area (Å²) in [5.41, 5.74) is 0.951. The Hall–Kier alpha value is -3.28. The van der Waals surface area contributed by atoms with Crippen LogP contribution in [0.5, 0.6) is 0 Å². The summed E-state index contributed by atoms with van der Waals surface area (Å²) in [6, 6.07) is 9.69. The van der Waals surface area contributed by atoms with Crippen molar-refractivity contribution < 1.29 is 36.3 Å². The molecule has 9 nitrogen and oxygen atoms in total. The van der Waals surface area contributed by atoms with Crippen LogP contribution in [0.4, 0.5) is 10.1 Å². The summed E-state index contributed by atoms with van der Waals surface area (Å²) in [5.74, 6) is -2.13. The summed E-state index contributed by atoms with van der Waals surface area (Å²) in [6.07, 6.45) is -1.21. The van der Waals surface area contributed by atoms with Crippen LogP contribution in [0, 0.1) is 12.7 Å². The Bertz CT molecular complexity index is 1350. The van der Waals surface area contributed by atoms with Crippen molar-refractivity contribution in [3.05, 3.63) is 59.6 Å². The molecule has 0 bridgehead atoms. The van der Waals surface area contributed by atoms with Gasteiger partial charge in [0.1, 0.15) is 11.4 Å². The van der Waals surface area contributed by atoms with E-state index in [0.717, 1.165) is 0 Å². The lowest BCUT2D eigenvalue weighted by Gasteiger charge is -2.26. The number of hydrogen-bond donors (Lipinski definition) is 1. The van der Waals surface area contributed by atoms with Crippen molar-refractivity contribution in [1.29, 1.82) is 0 Å². The Labute approximate surface area is 195 Å². The quantitative estimate of drug-likeness (QED) is 0.528. The first kappa shape index (κ1) is 23.9. The number of sulfonamides is 1. The van der Waals surface area contributed by atoms with Gasteiger partial charge in [-0.15, -0.1) is 0 Å². The number of anilines is 1. The van der Waals surface area contributed by atoms with Crippen LogP contribution in [0.3, 0.4) is 0 Å². The maximum atomic E-state index is 13.5. The molecule has 1 saturated heterocycles. The summed E-state index contributed by atoms with van der Waals surface area (Å²) in [6.45, 7) is 4.10. The number of fused-ring (bicyclic) bond motifs is 1. The molecule has 4 rings (SSSR count). The van der Waals surface area contributed by atoms with Crippen molar-refractivity contribution in [2.75, 3.05) is 31.6 Å². The number of hydrogen-bond acceptors (Lipinski definition) is 7. The van der Waals surface area contributed by atoms with Gasteiger partial charge in [0.15, 0.2) is 6.10 Å². The van der Waals surface area contributed by atoms with Crippen LogP contribution in [-0.4, -0.2) is 57.0 Å². The molecule has 180 valence electrons. The van der Waals surface area contributed by atoms with Gasteiger partial charge in [-0.2, -0.15) is 4.31 Å². The zero-order valence-electron chi connectivity index (χ0n) is 18.5. The van der Waals surface area contributed by atoms with Crippen molar-refractivity contribution in [3.8, 4) is 0 Å². The Balaban J connectivity index is 1.44. The largest absolute Gasteiger partial charge is 0.449 e. The smallest absolute Gasteiger partial charge is 0.375 e.